The van der Waals surface area contributed by atoms with Crippen molar-refractivity contribution >= 4 is 29.8 Å². The molecule has 0 atom stereocenters. The highest BCUT2D eigenvalue weighted by atomic mass is 32.2. The highest BCUT2D eigenvalue weighted by Gasteiger charge is 2.14. The summed E-state index contributed by atoms with van der Waals surface area (Å²) in [7, 11) is 1.30. The van der Waals surface area contributed by atoms with E-state index < -0.39 is 11.9 Å². The molecule has 126 valence electrons. The van der Waals surface area contributed by atoms with Crippen LogP contribution in [0.5, 0.6) is 0 Å². The van der Waals surface area contributed by atoms with Gasteiger partial charge < -0.3 is 9.84 Å². The van der Waals surface area contributed by atoms with Crippen molar-refractivity contribution in [2.45, 2.75) is 24.9 Å². The van der Waals surface area contributed by atoms with Crippen LogP contribution in [0.4, 0.5) is 0 Å². The second-order valence-corrected chi connectivity index (χ2v) is 5.85. The van der Waals surface area contributed by atoms with Crippen molar-refractivity contribution < 1.29 is 19.4 Å². The number of ether oxygens (including phenoxy) is 1. The Labute approximate surface area is 143 Å². The molecule has 0 aliphatic carbocycles. The van der Waals surface area contributed by atoms with E-state index in [2.05, 4.69) is 19.9 Å². The third-order valence-corrected chi connectivity index (χ3v) is 3.92. The molecule has 7 nitrogen and oxygen atoms in total. The molecule has 0 unspecified atom stereocenters. The van der Waals surface area contributed by atoms with Gasteiger partial charge in [0.2, 0.25) is 5.16 Å². The zero-order chi connectivity index (χ0) is 17.5. The maximum absolute atomic E-state index is 11.4. The number of aromatic amines is 1. The van der Waals surface area contributed by atoms with Gasteiger partial charge in [0, 0.05) is 6.42 Å². The zero-order valence-electron chi connectivity index (χ0n) is 13.3. The number of rotatable bonds is 7. The minimum absolute atomic E-state index is 0.0860. The first-order valence-electron chi connectivity index (χ1n) is 7.26. The lowest BCUT2D eigenvalue weighted by Gasteiger charge is -2.01. The summed E-state index contributed by atoms with van der Waals surface area (Å²) in [6, 6.07) is 6.45. The number of thioether (sulfide) groups is 1. The number of aromatic nitrogens is 3. The van der Waals surface area contributed by atoms with Crippen LogP contribution in [0.3, 0.4) is 0 Å². The standard InChI is InChI=1S/C16H17N3O4S/c1-3-4-13-17-16(19-18-13)24-12(14(20)21)9-10-5-7-11(8-6-10)15(22)23-2/h5-9H,3-4H2,1-2H3,(H,20,21)(H,17,18,19)/b12-9-. The van der Waals surface area contributed by atoms with Gasteiger partial charge in [0.1, 0.15) is 10.7 Å². The first kappa shape index (κ1) is 17.7. The number of hydrogen-bond donors (Lipinski definition) is 2. The second kappa shape index (κ2) is 8.30. The van der Waals surface area contributed by atoms with Gasteiger partial charge in [-0.1, -0.05) is 19.1 Å². The molecule has 8 heteroatoms. The summed E-state index contributed by atoms with van der Waals surface area (Å²) < 4.78 is 4.62. The van der Waals surface area contributed by atoms with Gasteiger partial charge in [0.25, 0.3) is 0 Å². The molecule has 1 aromatic heterocycles. The Balaban J connectivity index is 2.18. The highest BCUT2D eigenvalue weighted by Crippen LogP contribution is 2.26. The van der Waals surface area contributed by atoms with Crippen molar-refractivity contribution in [1.82, 2.24) is 15.2 Å². The van der Waals surface area contributed by atoms with E-state index >= 15 is 0 Å². The Bertz CT molecular complexity index is 753. The smallest absolute Gasteiger partial charge is 0.342 e. The number of nitrogens with zero attached hydrogens (tertiary/aromatic N) is 2. The highest BCUT2D eigenvalue weighted by molar-refractivity contribution is 8.04. The van der Waals surface area contributed by atoms with Crippen LogP contribution in [0.25, 0.3) is 6.08 Å². The van der Waals surface area contributed by atoms with Crippen LogP contribution < -0.4 is 0 Å². The minimum Gasteiger partial charge on any atom is -0.477 e. The number of carboxylic acids is 1. The number of carbonyl (C=O) groups excluding carboxylic acids is 1. The molecule has 0 fully saturated rings. The molecular weight excluding hydrogens is 330 g/mol. The second-order valence-electron chi connectivity index (χ2n) is 4.84. The van der Waals surface area contributed by atoms with E-state index in [1.807, 2.05) is 6.92 Å². The first-order valence-corrected chi connectivity index (χ1v) is 8.07. The molecule has 1 aromatic carbocycles. The molecule has 0 spiro atoms. The summed E-state index contributed by atoms with van der Waals surface area (Å²) in [4.78, 5) is 27.2. The normalized spacial score (nSPS) is 11.3. The maximum atomic E-state index is 11.4. The van der Waals surface area contributed by atoms with Crippen LogP contribution in [-0.4, -0.2) is 39.3 Å². The summed E-state index contributed by atoms with van der Waals surface area (Å²) in [6.07, 6.45) is 3.19. The number of H-pyrrole nitrogens is 1. The van der Waals surface area contributed by atoms with Crippen LogP contribution in [0.1, 0.15) is 35.1 Å². The van der Waals surface area contributed by atoms with Crippen LogP contribution in [0, 0.1) is 0 Å². The Morgan fingerprint density at radius 2 is 2.04 bits per heavy atom. The molecule has 0 bridgehead atoms. The number of esters is 1. The van der Waals surface area contributed by atoms with Crippen LogP contribution in [-0.2, 0) is 16.0 Å². The Morgan fingerprint density at radius 3 is 2.62 bits per heavy atom. The molecule has 0 amide bonds. The average molecular weight is 347 g/mol. The fourth-order valence-electron chi connectivity index (χ4n) is 1.89. The van der Waals surface area contributed by atoms with Gasteiger partial charge in [0.05, 0.1) is 12.7 Å². The predicted octanol–water partition coefficient (Wildman–Crippen LogP) is 2.76. The van der Waals surface area contributed by atoms with Crippen molar-refractivity contribution in [2.24, 2.45) is 0 Å². The Hall–Kier alpha value is -2.61. The van der Waals surface area contributed by atoms with E-state index in [0.717, 1.165) is 30.4 Å². The number of hydrogen-bond acceptors (Lipinski definition) is 6. The molecule has 0 aliphatic heterocycles. The molecular formula is C16H17N3O4S. The van der Waals surface area contributed by atoms with Crippen LogP contribution >= 0.6 is 11.8 Å². The van der Waals surface area contributed by atoms with E-state index in [1.54, 1.807) is 24.3 Å². The van der Waals surface area contributed by atoms with Crippen molar-refractivity contribution in [2.75, 3.05) is 7.11 Å². The number of benzene rings is 1. The number of aryl methyl sites for hydroxylation is 1. The fraction of sp³-hybridized carbons (Fsp3) is 0.250. The number of carboxylic acid groups (broad SMARTS) is 1. The molecule has 24 heavy (non-hydrogen) atoms. The summed E-state index contributed by atoms with van der Waals surface area (Å²) in [5.74, 6) is -0.784. The van der Waals surface area contributed by atoms with Crippen molar-refractivity contribution in [3.05, 3.63) is 46.1 Å². The quantitative estimate of drug-likeness (QED) is 0.451. The van der Waals surface area contributed by atoms with Gasteiger partial charge in [-0.3, -0.25) is 5.10 Å². The number of methoxy groups -OCH3 is 1. The molecule has 0 saturated heterocycles. The maximum Gasteiger partial charge on any atom is 0.342 e. The zero-order valence-corrected chi connectivity index (χ0v) is 14.1. The third-order valence-electron chi connectivity index (χ3n) is 3.04. The molecule has 0 aliphatic rings. The van der Waals surface area contributed by atoms with E-state index in [1.165, 1.54) is 13.2 Å². The number of nitrogens with one attached hydrogen (secondary N) is 1. The van der Waals surface area contributed by atoms with Gasteiger partial charge in [-0.15, -0.1) is 5.10 Å². The number of carbonyl (C=O) groups is 2. The lowest BCUT2D eigenvalue weighted by Crippen LogP contribution is -2.00. The molecule has 2 rings (SSSR count). The van der Waals surface area contributed by atoms with Gasteiger partial charge >= 0.3 is 11.9 Å². The lowest BCUT2D eigenvalue weighted by molar-refractivity contribution is -0.131. The van der Waals surface area contributed by atoms with E-state index in [0.29, 0.717) is 16.3 Å². The minimum atomic E-state index is -1.07. The summed E-state index contributed by atoms with van der Waals surface area (Å²) in [6.45, 7) is 2.02. The van der Waals surface area contributed by atoms with Crippen LogP contribution in [0.2, 0.25) is 0 Å². The van der Waals surface area contributed by atoms with Gasteiger partial charge in [-0.05, 0) is 42.0 Å². The van der Waals surface area contributed by atoms with Crippen molar-refractivity contribution in [3.8, 4) is 0 Å². The Morgan fingerprint density at radius 1 is 1.33 bits per heavy atom. The van der Waals surface area contributed by atoms with Gasteiger partial charge in [0.15, 0.2) is 0 Å². The number of aliphatic carboxylic acids is 1. The molecule has 2 N–H and O–H groups in total. The molecule has 0 radical (unpaired) electrons. The monoisotopic (exact) mass is 347 g/mol. The van der Waals surface area contributed by atoms with Gasteiger partial charge in [-0.25, -0.2) is 14.6 Å². The largest absolute Gasteiger partial charge is 0.477 e. The SMILES string of the molecule is CCCc1nc(S/C(=C\c2ccc(C(=O)OC)cc2)C(=O)O)n[nH]1. The van der Waals surface area contributed by atoms with E-state index in [9.17, 15) is 14.7 Å². The van der Waals surface area contributed by atoms with E-state index in [-0.39, 0.29) is 4.91 Å². The topological polar surface area (TPSA) is 105 Å². The molecule has 1 heterocycles. The third kappa shape index (κ3) is 4.69. The van der Waals surface area contributed by atoms with Crippen LogP contribution in [0.15, 0.2) is 34.3 Å². The Kier molecular flexibility index (Phi) is 6.14. The fourth-order valence-corrected chi connectivity index (χ4v) is 2.62. The summed E-state index contributed by atoms with van der Waals surface area (Å²) in [5.41, 5.74) is 1.05. The predicted molar refractivity (Wildman–Crippen MR) is 89.6 cm³/mol. The van der Waals surface area contributed by atoms with E-state index in [4.69, 9.17) is 0 Å². The molecule has 0 saturated carbocycles. The van der Waals surface area contributed by atoms with Gasteiger partial charge in [-0.2, -0.15) is 0 Å². The molecule has 2 aromatic rings. The van der Waals surface area contributed by atoms with Crippen molar-refractivity contribution in [1.29, 1.82) is 0 Å². The summed E-state index contributed by atoms with van der Waals surface area (Å²) in [5, 5.41) is 16.5. The lowest BCUT2D eigenvalue weighted by atomic mass is 10.1. The average Bonchev–Trinajstić information content (AvgIpc) is 3.01. The summed E-state index contributed by atoms with van der Waals surface area (Å²) >= 11 is 0.970. The first-order chi connectivity index (χ1) is 11.5. The van der Waals surface area contributed by atoms with Crippen molar-refractivity contribution in [3.63, 3.8) is 0 Å².